The summed E-state index contributed by atoms with van der Waals surface area (Å²) in [6.07, 6.45) is 0.775. The predicted octanol–water partition coefficient (Wildman–Crippen LogP) is 2.32. The maximum atomic E-state index is 12.6. The summed E-state index contributed by atoms with van der Waals surface area (Å²) in [5.74, 6) is 0.539. The zero-order valence-electron chi connectivity index (χ0n) is 12.6. The maximum Gasteiger partial charge on any atom is 0.254 e. The second-order valence-corrected chi connectivity index (χ2v) is 6.13. The van der Waals surface area contributed by atoms with Crippen molar-refractivity contribution >= 4 is 17.5 Å². The molecule has 110 valence electrons. The van der Waals surface area contributed by atoms with Gasteiger partial charge < -0.3 is 9.80 Å². The third kappa shape index (κ3) is 3.13. The summed E-state index contributed by atoms with van der Waals surface area (Å²) < 4.78 is 0. The number of likely N-dealkylation sites (tertiary alicyclic amines) is 1. The lowest BCUT2D eigenvalue weighted by Crippen LogP contribution is -2.35. The van der Waals surface area contributed by atoms with E-state index in [1.165, 1.54) is 0 Å². The van der Waals surface area contributed by atoms with Crippen LogP contribution in [0.4, 0.5) is 0 Å². The van der Waals surface area contributed by atoms with Crippen LogP contribution in [-0.4, -0.2) is 53.9 Å². The number of aromatic nitrogens is 1. The largest absolute Gasteiger partial charge is 0.337 e. The van der Waals surface area contributed by atoms with Crippen molar-refractivity contribution in [2.45, 2.75) is 26.3 Å². The summed E-state index contributed by atoms with van der Waals surface area (Å²) in [5, 5.41) is 0.393. The van der Waals surface area contributed by atoms with Gasteiger partial charge in [-0.15, -0.1) is 0 Å². The van der Waals surface area contributed by atoms with Crippen LogP contribution in [0.5, 0.6) is 0 Å². The Bertz CT molecular complexity index is 504. The highest BCUT2D eigenvalue weighted by molar-refractivity contribution is 6.29. The van der Waals surface area contributed by atoms with E-state index in [-0.39, 0.29) is 5.91 Å². The fourth-order valence-corrected chi connectivity index (χ4v) is 3.05. The number of hydrogen-bond donors (Lipinski definition) is 0. The van der Waals surface area contributed by atoms with Crippen LogP contribution >= 0.6 is 11.6 Å². The molecule has 1 aliphatic heterocycles. The van der Waals surface area contributed by atoms with Crippen molar-refractivity contribution in [2.75, 3.05) is 27.2 Å². The van der Waals surface area contributed by atoms with E-state index >= 15 is 0 Å². The van der Waals surface area contributed by atoms with E-state index < -0.39 is 0 Å². The van der Waals surface area contributed by atoms with E-state index in [1.807, 2.05) is 17.9 Å². The molecular formula is C15H22ClN3O. The number of nitrogens with zero attached hydrogens (tertiary/aromatic N) is 3. The molecular weight excluding hydrogens is 274 g/mol. The van der Waals surface area contributed by atoms with Gasteiger partial charge in [-0.1, -0.05) is 25.4 Å². The molecule has 5 heteroatoms. The SMILES string of the molecule is CCc1cc(C(=O)N2CC(C)C(N(C)C)C2)cc(Cl)n1. The average Bonchev–Trinajstić information content (AvgIpc) is 2.79. The van der Waals surface area contributed by atoms with Crippen LogP contribution in [0.25, 0.3) is 0 Å². The molecule has 2 atom stereocenters. The number of likely N-dealkylation sites (N-methyl/N-ethyl adjacent to an activating group) is 1. The first-order chi connectivity index (χ1) is 9.42. The molecule has 0 aliphatic carbocycles. The summed E-state index contributed by atoms with van der Waals surface area (Å²) in [7, 11) is 4.13. The Morgan fingerprint density at radius 1 is 1.45 bits per heavy atom. The Morgan fingerprint density at radius 2 is 2.15 bits per heavy atom. The van der Waals surface area contributed by atoms with Crippen LogP contribution in [0.15, 0.2) is 12.1 Å². The molecule has 2 heterocycles. The second kappa shape index (κ2) is 6.10. The molecule has 2 rings (SSSR count). The van der Waals surface area contributed by atoms with E-state index in [9.17, 15) is 4.79 Å². The number of amides is 1. The molecule has 4 nitrogen and oxygen atoms in total. The van der Waals surface area contributed by atoms with Gasteiger partial charge in [0.25, 0.3) is 5.91 Å². The van der Waals surface area contributed by atoms with Gasteiger partial charge in [0.15, 0.2) is 0 Å². The molecule has 1 aliphatic rings. The predicted molar refractivity (Wildman–Crippen MR) is 81.2 cm³/mol. The first-order valence-electron chi connectivity index (χ1n) is 7.04. The minimum absolute atomic E-state index is 0.0557. The zero-order valence-corrected chi connectivity index (χ0v) is 13.3. The Hall–Kier alpha value is -1.13. The second-order valence-electron chi connectivity index (χ2n) is 5.74. The van der Waals surface area contributed by atoms with Gasteiger partial charge in [-0.2, -0.15) is 0 Å². The minimum Gasteiger partial charge on any atom is -0.337 e. The molecule has 1 saturated heterocycles. The number of pyridine rings is 1. The van der Waals surface area contributed by atoms with Crippen LogP contribution < -0.4 is 0 Å². The summed E-state index contributed by atoms with van der Waals surface area (Å²) in [5.41, 5.74) is 1.51. The molecule has 0 spiro atoms. The number of hydrogen-bond acceptors (Lipinski definition) is 3. The van der Waals surface area contributed by atoms with Crippen molar-refractivity contribution in [3.63, 3.8) is 0 Å². The van der Waals surface area contributed by atoms with Gasteiger partial charge in [0.05, 0.1) is 0 Å². The van der Waals surface area contributed by atoms with Crippen LogP contribution in [-0.2, 0) is 6.42 Å². The number of rotatable bonds is 3. The van der Waals surface area contributed by atoms with E-state index in [1.54, 1.807) is 6.07 Å². The van der Waals surface area contributed by atoms with Gasteiger partial charge in [0, 0.05) is 30.4 Å². The van der Waals surface area contributed by atoms with Crippen LogP contribution in [0.1, 0.15) is 29.9 Å². The standard InChI is InChI=1S/C15H22ClN3O/c1-5-12-6-11(7-14(16)17-12)15(20)19-8-10(2)13(9-19)18(3)4/h6-7,10,13H,5,8-9H2,1-4H3. The molecule has 1 aromatic rings. The third-order valence-corrected chi connectivity index (χ3v) is 4.17. The Balaban J connectivity index is 2.18. The van der Waals surface area contributed by atoms with Crippen molar-refractivity contribution < 1.29 is 4.79 Å². The molecule has 1 amide bonds. The van der Waals surface area contributed by atoms with Crippen LogP contribution in [0.3, 0.4) is 0 Å². The number of carbonyl (C=O) groups is 1. The van der Waals surface area contributed by atoms with E-state index in [0.717, 1.165) is 25.2 Å². The molecule has 0 aromatic carbocycles. The number of halogens is 1. The van der Waals surface area contributed by atoms with Gasteiger partial charge >= 0.3 is 0 Å². The van der Waals surface area contributed by atoms with Crippen molar-refractivity contribution in [3.05, 3.63) is 28.5 Å². The quantitative estimate of drug-likeness (QED) is 0.803. The average molecular weight is 296 g/mol. The molecule has 20 heavy (non-hydrogen) atoms. The monoisotopic (exact) mass is 295 g/mol. The fourth-order valence-electron chi connectivity index (χ4n) is 2.83. The fraction of sp³-hybridized carbons (Fsp3) is 0.600. The molecule has 0 N–H and O–H groups in total. The van der Waals surface area contributed by atoms with Gasteiger partial charge in [-0.3, -0.25) is 4.79 Å². The number of carbonyl (C=O) groups excluding carboxylic acids is 1. The van der Waals surface area contributed by atoms with Crippen molar-refractivity contribution in [2.24, 2.45) is 5.92 Å². The summed E-state index contributed by atoms with van der Waals surface area (Å²) in [6, 6.07) is 3.93. The Kier molecular flexibility index (Phi) is 4.66. The smallest absolute Gasteiger partial charge is 0.254 e. The van der Waals surface area contributed by atoms with Crippen molar-refractivity contribution in [1.82, 2.24) is 14.8 Å². The first-order valence-corrected chi connectivity index (χ1v) is 7.42. The van der Waals surface area contributed by atoms with Crippen molar-refractivity contribution in [3.8, 4) is 0 Å². The van der Waals surface area contributed by atoms with E-state index in [0.29, 0.717) is 22.7 Å². The summed E-state index contributed by atoms with van der Waals surface area (Å²) in [6.45, 7) is 5.76. The van der Waals surface area contributed by atoms with Crippen LogP contribution in [0.2, 0.25) is 5.15 Å². The van der Waals surface area contributed by atoms with Crippen LogP contribution in [0, 0.1) is 5.92 Å². The highest BCUT2D eigenvalue weighted by Gasteiger charge is 2.34. The lowest BCUT2D eigenvalue weighted by atomic mass is 10.1. The Labute approximate surface area is 125 Å². The molecule has 2 unspecified atom stereocenters. The summed E-state index contributed by atoms with van der Waals surface area (Å²) >= 11 is 6.00. The van der Waals surface area contributed by atoms with E-state index in [4.69, 9.17) is 11.6 Å². The van der Waals surface area contributed by atoms with E-state index in [2.05, 4.69) is 30.9 Å². The highest BCUT2D eigenvalue weighted by Crippen LogP contribution is 2.23. The molecule has 0 saturated carbocycles. The van der Waals surface area contributed by atoms with Gasteiger partial charge in [0.1, 0.15) is 5.15 Å². The van der Waals surface area contributed by atoms with Gasteiger partial charge in [-0.25, -0.2) is 4.98 Å². The molecule has 1 aromatic heterocycles. The topological polar surface area (TPSA) is 36.4 Å². The van der Waals surface area contributed by atoms with Gasteiger partial charge in [-0.05, 0) is 38.6 Å². The maximum absolute atomic E-state index is 12.6. The molecule has 0 bridgehead atoms. The number of aryl methyl sites for hydroxylation is 1. The third-order valence-electron chi connectivity index (χ3n) is 3.98. The lowest BCUT2D eigenvalue weighted by molar-refractivity contribution is 0.0781. The molecule has 1 fully saturated rings. The Morgan fingerprint density at radius 3 is 2.70 bits per heavy atom. The molecule has 0 radical (unpaired) electrons. The lowest BCUT2D eigenvalue weighted by Gasteiger charge is -2.22. The summed E-state index contributed by atoms with van der Waals surface area (Å²) in [4.78, 5) is 20.9. The first kappa shape index (κ1) is 15.3. The highest BCUT2D eigenvalue weighted by atomic mass is 35.5. The normalized spacial score (nSPS) is 22.6. The van der Waals surface area contributed by atoms with Crippen molar-refractivity contribution in [1.29, 1.82) is 0 Å². The minimum atomic E-state index is 0.0557. The zero-order chi connectivity index (χ0) is 14.9. The van der Waals surface area contributed by atoms with Gasteiger partial charge in [0.2, 0.25) is 0 Å².